The van der Waals surface area contributed by atoms with Crippen LogP contribution in [0.4, 0.5) is 5.95 Å². The number of piperazine rings is 1. The normalized spacial score (nSPS) is 18.2. The number of piperidine rings is 1. The third kappa shape index (κ3) is 5.57. The van der Waals surface area contributed by atoms with E-state index >= 15 is 0 Å². The van der Waals surface area contributed by atoms with Crippen molar-refractivity contribution in [1.82, 2.24) is 19.8 Å². The molecule has 2 aliphatic rings. The summed E-state index contributed by atoms with van der Waals surface area (Å²) < 4.78 is 10.8. The van der Waals surface area contributed by atoms with E-state index < -0.39 is 0 Å². The number of methoxy groups -OCH3 is 2. The van der Waals surface area contributed by atoms with E-state index in [4.69, 9.17) is 14.5 Å². The van der Waals surface area contributed by atoms with Crippen molar-refractivity contribution >= 4 is 5.95 Å². The quantitative estimate of drug-likeness (QED) is 0.725. The number of H-pyrrole nitrogens is 1. The molecule has 0 bridgehead atoms. The van der Waals surface area contributed by atoms with Gasteiger partial charge >= 0.3 is 0 Å². The number of likely N-dealkylation sites (tertiary alicyclic amines) is 1. The van der Waals surface area contributed by atoms with Crippen LogP contribution in [0.3, 0.4) is 0 Å². The zero-order valence-electron chi connectivity index (χ0n) is 18.6. The predicted octanol–water partition coefficient (Wildman–Crippen LogP) is 2.10. The van der Waals surface area contributed by atoms with Gasteiger partial charge in [-0.2, -0.15) is 0 Å². The average molecular weight is 428 g/mol. The standard InChI is InChI=1S/C23H33N5O3/c1-30-20-7-6-18(21(15-20)31-2)16-27-10-12-28(13-11-27)23-24-19(14-22(29)25-23)17-26-8-4-3-5-9-26/h6-7,14-15H,3-5,8-13,16-17H2,1-2H3,(H,24,25,29). The number of benzene rings is 1. The van der Waals surface area contributed by atoms with Gasteiger partial charge in [0.25, 0.3) is 5.56 Å². The Balaban J connectivity index is 1.37. The number of rotatable bonds is 7. The summed E-state index contributed by atoms with van der Waals surface area (Å²) in [6, 6.07) is 7.60. The third-order valence-corrected chi connectivity index (χ3v) is 6.18. The van der Waals surface area contributed by atoms with Crippen LogP contribution in [0.2, 0.25) is 0 Å². The van der Waals surface area contributed by atoms with Gasteiger partial charge in [0.1, 0.15) is 11.5 Å². The molecule has 1 aromatic carbocycles. The van der Waals surface area contributed by atoms with Crippen LogP contribution in [0.1, 0.15) is 30.5 Å². The minimum absolute atomic E-state index is 0.0672. The molecule has 0 atom stereocenters. The van der Waals surface area contributed by atoms with Crippen LogP contribution in [0, 0.1) is 0 Å². The van der Waals surface area contributed by atoms with E-state index in [1.165, 1.54) is 19.3 Å². The highest BCUT2D eigenvalue weighted by Gasteiger charge is 2.21. The van der Waals surface area contributed by atoms with E-state index in [2.05, 4.69) is 25.8 Å². The third-order valence-electron chi connectivity index (χ3n) is 6.18. The number of anilines is 1. The van der Waals surface area contributed by atoms with E-state index in [1.54, 1.807) is 20.3 Å². The largest absolute Gasteiger partial charge is 0.497 e. The lowest BCUT2D eigenvalue weighted by atomic mass is 10.1. The lowest BCUT2D eigenvalue weighted by Crippen LogP contribution is -2.47. The fraction of sp³-hybridized carbons (Fsp3) is 0.565. The number of aromatic amines is 1. The van der Waals surface area contributed by atoms with Crippen LogP contribution >= 0.6 is 0 Å². The first-order chi connectivity index (χ1) is 15.1. The van der Waals surface area contributed by atoms with Crippen LogP contribution in [0.5, 0.6) is 11.5 Å². The molecule has 8 nitrogen and oxygen atoms in total. The number of hydrogen-bond acceptors (Lipinski definition) is 7. The molecular formula is C23H33N5O3. The van der Waals surface area contributed by atoms with Crippen molar-refractivity contribution in [3.05, 3.63) is 45.9 Å². The average Bonchev–Trinajstić information content (AvgIpc) is 2.80. The number of nitrogens with zero attached hydrogens (tertiary/aromatic N) is 4. The van der Waals surface area contributed by atoms with E-state index in [0.29, 0.717) is 5.95 Å². The van der Waals surface area contributed by atoms with Gasteiger partial charge < -0.3 is 14.4 Å². The molecule has 0 unspecified atom stereocenters. The molecule has 3 heterocycles. The Morgan fingerprint density at radius 2 is 1.65 bits per heavy atom. The van der Waals surface area contributed by atoms with Crippen LogP contribution in [0.25, 0.3) is 0 Å². The Bertz CT molecular complexity index is 918. The molecule has 1 N–H and O–H groups in total. The summed E-state index contributed by atoms with van der Waals surface area (Å²) >= 11 is 0. The highest BCUT2D eigenvalue weighted by molar-refractivity contribution is 5.41. The van der Waals surface area contributed by atoms with Gasteiger partial charge in [0, 0.05) is 57.0 Å². The van der Waals surface area contributed by atoms with Gasteiger partial charge in [0.15, 0.2) is 0 Å². The van der Waals surface area contributed by atoms with Crippen molar-refractivity contribution in [1.29, 1.82) is 0 Å². The summed E-state index contributed by atoms with van der Waals surface area (Å²) in [5.41, 5.74) is 1.94. The summed E-state index contributed by atoms with van der Waals surface area (Å²) in [6.45, 7) is 7.22. The second-order valence-corrected chi connectivity index (χ2v) is 8.34. The maximum absolute atomic E-state index is 12.2. The fourth-order valence-electron chi connectivity index (χ4n) is 4.41. The first kappa shape index (κ1) is 21.6. The smallest absolute Gasteiger partial charge is 0.252 e. The Morgan fingerprint density at radius 3 is 2.35 bits per heavy atom. The van der Waals surface area contributed by atoms with Gasteiger partial charge in [-0.25, -0.2) is 4.98 Å². The van der Waals surface area contributed by atoms with Crippen LogP contribution in [-0.2, 0) is 13.1 Å². The lowest BCUT2D eigenvalue weighted by Gasteiger charge is -2.35. The second-order valence-electron chi connectivity index (χ2n) is 8.34. The Kier molecular flexibility index (Phi) is 7.09. The molecule has 2 aromatic rings. The lowest BCUT2D eigenvalue weighted by molar-refractivity contribution is 0.218. The molecule has 168 valence electrons. The van der Waals surface area contributed by atoms with Crippen LogP contribution in [-0.4, -0.2) is 73.3 Å². The summed E-state index contributed by atoms with van der Waals surface area (Å²) in [6.07, 6.45) is 3.77. The Hall–Kier alpha value is -2.58. The molecule has 2 aliphatic heterocycles. The summed E-state index contributed by atoms with van der Waals surface area (Å²) in [5, 5.41) is 0. The van der Waals surface area contributed by atoms with Gasteiger partial charge in [0.05, 0.1) is 19.9 Å². The fourth-order valence-corrected chi connectivity index (χ4v) is 4.41. The number of ether oxygens (including phenoxy) is 2. The molecular weight excluding hydrogens is 394 g/mol. The van der Waals surface area contributed by atoms with Crippen molar-refractivity contribution in [3.63, 3.8) is 0 Å². The first-order valence-corrected chi connectivity index (χ1v) is 11.2. The maximum Gasteiger partial charge on any atom is 0.252 e. The van der Waals surface area contributed by atoms with Crippen LogP contribution < -0.4 is 19.9 Å². The molecule has 0 radical (unpaired) electrons. The summed E-state index contributed by atoms with van der Waals surface area (Å²) in [5.74, 6) is 2.34. The van der Waals surface area contributed by atoms with Crippen molar-refractivity contribution in [2.75, 3.05) is 58.4 Å². The van der Waals surface area contributed by atoms with E-state index in [1.807, 2.05) is 12.1 Å². The van der Waals surface area contributed by atoms with Crippen molar-refractivity contribution in [2.24, 2.45) is 0 Å². The van der Waals surface area contributed by atoms with Crippen molar-refractivity contribution in [2.45, 2.75) is 32.4 Å². The number of nitrogens with one attached hydrogen (secondary N) is 1. The molecule has 2 fully saturated rings. The van der Waals surface area contributed by atoms with Gasteiger partial charge in [0.2, 0.25) is 5.95 Å². The van der Waals surface area contributed by atoms with Crippen LogP contribution in [0.15, 0.2) is 29.1 Å². The molecule has 1 aromatic heterocycles. The molecule has 31 heavy (non-hydrogen) atoms. The van der Waals surface area contributed by atoms with Gasteiger partial charge in [-0.15, -0.1) is 0 Å². The monoisotopic (exact) mass is 427 g/mol. The Morgan fingerprint density at radius 1 is 0.903 bits per heavy atom. The van der Waals surface area contributed by atoms with E-state index in [0.717, 1.165) is 75.1 Å². The summed E-state index contributed by atoms with van der Waals surface area (Å²) in [4.78, 5) is 27.0. The molecule has 0 saturated carbocycles. The van der Waals surface area contributed by atoms with Gasteiger partial charge in [-0.05, 0) is 32.0 Å². The predicted molar refractivity (Wildman–Crippen MR) is 121 cm³/mol. The molecule has 0 spiro atoms. The van der Waals surface area contributed by atoms with Gasteiger partial charge in [-0.3, -0.25) is 19.6 Å². The SMILES string of the molecule is COc1ccc(CN2CCN(c3nc(CN4CCCCC4)cc(=O)[nH]3)CC2)c(OC)c1. The van der Waals surface area contributed by atoms with E-state index in [-0.39, 0.29) is 5.56 Å². The highest BCUT2D eigenvalue weighted by Crippen LogP contribution is 2.26. The summed E-state index contributed by atoms with van der Waals surface area (Å²) in [7, 11) is 3.35. The topological polar surface area (TPSA) is 73.9 Å². The number of hydrogen-bond donors (Lipinski definition) is 1. The molecule has 4 rings (SSSR count). The Labute approximate surface area is 183 Å². The number of aromatic nitrogens is 2. The minimum Gasteiger partial charge on any atom is -0.497 e. The van der Waals surface area contributed by atoms with Crippen molar-refractivity contribution in [3.8, 4) is 11.5 Å². The highest BCUT2D eigenvalue weighted by atomic mass is 16.5. The van der Waals surface area contributed by atoms with Gasteiger partial charge in [-0.1, -0.05) is 12.5 Å². The maximum atomic E-state index is 12.2. The zero-order valence-corrected chi connectivity index (χ0v) is 18.6. The first-order valence-electron chi connectivity index (χ1n) is 11.2. The van der Waals surface area contributed by atoms with Crippen molar-refractivity contribution < 1.29 is 9.47 Å². The zero-order chi connectivity index (χ0) is 21.6. The second kappa shape index (κ2) is 10.2. The molecule has 8 heteroatoms. The van der Waals surface area contributed by atoms with E-state index in [9.17, 15) is 4.79 Å². The molecule has 2 saturated heterocycles. The molecule has 0 aliphatic carbocycles. The molecule has 0 amide bonds. The minimum atomic E-state index is -0.0672.